The van der Waals surface area contributed by atoms with Gasteiger partial charge in [-0.1, -0.05) is 17.7 Å². The standard InChI is InChI=1S/C14H22O4S/c1-10-5-7-12(8-6-10)19(16)11(2)13(15)9-14(17-3)18-4/h5-8,11,13-15H,9H2,1-4H3/t11-,13+,19?/m0/s1. The topological polar surface area (TPSA) is 55.8 Å². The Morgan fingerprint density at radius 3 is 2.21 bits per heavy atom. The molecular formula is C14H22O4S. The Bertz CT molecular complexity index is 400. The minimum Gasteiger partial charge on any atom is -0.392 e. The first-order chi connectivity index (χ1) is 8.99. The van der Waals surface area contributed by atoms with E-state index in [0.29, 0.717) is 6.42 Å². The number of hydrogen-bond acceptors (Lipinski definition) is 4. The molecule has 108 valence electrons. The van der Waals surface area contributed by atoms with E-state index in [1.54, 1.807) is 6.92 Å². The molecule has 0 saturated carbocycles. The van der Waals surface area contributed by atoms with E-state index < -0.39 is 23.2 Å². The average Bonchev–Trinajstić information content (AvgIpc) is 2.43. The number of aryl methyl sites for hydroxylation is 1. The second kappa shape index (κ2) is 7.75. The van der Waals surface area contributed by atoms with Crippen LogP contribution in [-0.4, -0.2) is 41.2 Å². The molecule has 0 saturated heterocycles. The molecule has 1 aromatic rings. The molecule has 0 radical (unpaired) electrons. The fourth-order valence-electron chi connectivity index (χ4n) is 1.71. The van der Waals surface area contributed by atoms with E-state index in [0.717, 1.165) is 10.5 Å². The summed E-state index contributed by atoms with van der Waals surface area (Å²) in [5, 5.41) is 9.70. The second-order valence-corrected chi connectivity index (χ2v) is 6.33. The van der Waals surface area contributed by atoms with E-state index in [4.69, 9.17) is 9.47 Å². The molecule has 0 heterocycles. The summed E-state index contributed by atoms with van der Waals surface area (Å²) < 4.78 is 22.4. The minimum atomic E-state index is -1.25. The quantitative estimate of drug-likeness (QED) is 0.777. The molecule has 3 atom stereocenters. The minimum absolute atomic E-state index is 0.297. The summed E-state index contributed by atoms with van der Waals surface area (Å²) in [6.07, 6.45) is -0.925. The number of methoxy groups -OCH3 is 2. The molecule has 0 spiro atoms. The molecule has 1 N–H and O–H groups in total. The van der Waals surface area contributed by atoms with E-state index in [2.05, 4.69) is 0 Å². The van der Waals surface area contributed by atoms with Crippen LogP contribution in [0.2, 0.25) is 0 Å². The van der Waals surface area contributed by atoms with Crippen LogP contribution in [0, 0.1) is 6.92 Å². The van der Waals surface area contributed by atoms with Gasteiger partial charge in [0, 0.05) is 25.5 Å². The maximum Gasteiger partial charge on any atom is 0.159 e. The van der Waals surface area contributed by atoms with E-state index >= 15 is 0 Å². The molecule has 5 heteroatoms. The number of rotatable bonds is 7. The van der Waals surface area contributed by atoms with Crippen molar-refractivity contribution in [2.45, 2.75) is 42.8 Å². The predicted molar refractivity (Wildman–Crippen MR) is 75.5 cm³/mol. The van der Waals surface area contributed by atoms with Gasteiger partial charge < -0.3 is 14.6 Å². The van der Waals surface area contributed by atoms with Gasteiger partial charge in [-0.25, -0.2) is 0 Å². The van der Waals surface area contributed by atoms with Gasteiger partial charge >= 0.3 is 0 Å². The molecule has 4 nitrogen and oxygen atoms in total. The zero-order chi connectivity index (χ0) is 14.4. The molecule has 19 heavy (non-hydrogen) atoms. The number of ether oxygens (including phenoxy) is 2. The summed E-state index contributed by atoms with van der Waals surface area (Å²) in [6, 6.07) is 7.50. The lowest BCUT2D eigenvalue weighted by molar-refractivity contribution is -0.122. The van der Waals surface area contributed by atoms with Crippen molar-refractivity contribution >= 4 is 10.8 Å². The van der Waals surface area contributed by atoms with Gasteiger partial charge in [0.05, 0.1) is 22.2 Å². The Hall–Kier alpha value is -0.750. The Morgan fingerprint density at radius 1 is 1.21 bits per heavy atom. The van der Waals surface area contributed by atoms with Crippen molar-refractivity contribution in [2.75, 3.05) is 14.2 Å². The molecule has 0 aliphatic heterocycles. The van der Waals surface area contributed by atoms with Crippen LogP contribution >= 0.6 is 0 Å². The van der Waals surface area contributed by atoms with Gasteiger partial charge in [0.1, 0.15) is 0 Å². The summed E-state index contributed by atoms with van der Waals surface area (Å²) in [4.78, 5) is 0.725. The van der Waals surface area contributed by atoms with E-state index in [-0.39, 0.29) is 5.25 Å². The monoisotopic (exact) mass is 286 g/mol. The van der Waals surface area contributed by atoms with Crippen LogP contribution in [0.15, 0.2) is 29.2 Å². The molecule has 0 bridgehead atoms. The van der Waals surface area contributed by atoms with Crippen LogP contribution in [-0.2, 0) is 20.3 Å². The lowest BCUT2D eigenvalue weighted by atomic mass is 10.2. The van der Waals surface area contributed by atoms with Crippen molar-refractivity contribution in [3.05, 3.63) is 29.8 Å². The highest BCUT2D eigenvalue weighted by Crippen LogP contribution is 2.17. The van der Waals surface area contributed by atoms with Crippen molar-refractivity contribution in [1.29, 1.82) is 0 Å². The summed E-state index contributed by atoms with van der Waals surface area (Å²) in [5.41, 5.74) is 1.12. The van der Waals surface area contributed by atoms with Gasteiger partial charge in [0.15, 0.2) is 6.29 Å². The second-order valence-electron chi connectivity index (χ2n) is 4.52. The Kier molecular flexibility index (Phi) is 6.65. The molecule has 0 amide bonds. The summed E-state index contributed by atoms with van der Waals surface area (Å²) >= 11 is 0. The lowest BCUT2D eigenvalue weighted by Crippen LogP contribution is -2.32. The average molecular weight is 286 g/mol. The zero-order valence-corrected chi connectivity index (χ0v) is 12.6. The molecule has 1 unspecified atom stereocenters. The Balaban J connectivity index is 2.68. The van der Waals surface area contributed by atoms with Gasteiger partial charge in [0.2, 0.25) is 0 Å². The summed E-state index contributed by atoms with van der Waals surface area (Å²) in [6.45, 7) is 3.75. The predicted octanol–water partition coefficient (Wildman–Crippen LogP) is 1.86. The maximum atomic E-state index is 12.3. The fourth-order valence-corrected chi connectivity index (χ4v) is 2.94. The van der Waals surface area contributed by atoms with Crippen LogP contribution in [0.25, 0.3) is 0 Å². The first-order valence-corrected chi connectivity index (χ1v) is 7.41. The van der Waals surface area contributed by atoms with Gasteiger partial charge in [0.25, 0.3) is 0 Å². The largest absolute Gasteiger partial charge is 0.392 e. The van der Waals surface area contributed by atoms with Crippen molar-refractivity contribution in [3.63, 3.8) is 0 Å². The third-order valence-electron chi connectivity index (χ3n) is 3.09. The Labute approximate surface area is 117 Å². The van der Waals surface area contributed by atoms with Crippen LogP contribution in [0.3, 0.4) is 0 Å². The number of aliphatic hydroxyl groups excluding tert-OH is 1. The van der Waals surface area contributed by atoms with Crippen LogP contribution in [0.1, 0.15) is 18.9 Å². The van der Waals surface area contributed by atoms with Gasteiger partial charge in [-0.15, -0.1) is 0 Å². The van der Waals surface area contributed by atoms with Crippen LogP contribution in [0.4, 0.5) is 0 Å². The molecule has 1 aromatic carbocycles. The van der Waals surface area contributed by atoms with E-state index in [9.17, 15) is 9.32 Å². The summed E-state index contributed by atoms with van der Waals surface area (Å²) in [7, 11) is 1.78. The molecular weight excluding hydrogens is 264 g/mol. The summed E-state index contributed by atoms with van der Waals surface area (Å²) in [5.74, 6) is 0. The fraction of sp³-hybridized carbons (Fsp3) is 0.571. The SMILES string of the molecule is COC(C[C@@H](O)[C@H](C)S(=O)c1ccc(C)cc1)OC. The Morgan fingerprint density at radius 2 is 1.74 bits per heavy atom. The highest BCUT2D eigenvalue weighted by atomic mass is 32.2. The van der Waals surface area contributed by atoms with Crippen molar-refractivity contribution in [1.82, 2.24) is 0 Å². The molecule has 1 rings (SSSR count). The van der Waals surface area contributed by atoms with Crippen LogP contribution < -0.4 is 0 Å². The zero-order valence-electron chi connectivity index (χ0n) is 11.8. The van der Waals surface area contributed by atoms with Crippen molar-refractivity contribution in [3.8, 4) is 0 Å². The third kappa shape index (κ3) is 4.69. The maximum absolute atomic E-state index is 12.3. The van der Waals surface area contributed by atoms with Gasteiger partial charge in [-0.3, -0.25) is 4.21 Å². The normalized spacial score (nSPS) is 16.3. The van der Waals surface area contributed by atoms with Gasteiger partial charge in [-0.2, -0.15) is 0 Å². The van der Waals surface area contributed by atoms with Gasteiger partial charge in [-0.05, 0) is 26.0 Å². The van der Waals surface area contributed by atoms with Crippen molar-refractivity contribution in [2.24, 2.45) is 0 Å². The highest BCUT2D eigenvalue weighted by Gasteiger charge is 2.25. The molecule has 0 aliphatic rings. The first-order valence-electron chi connectivity index (χ1n) is 6.20. The van der Waals surface area contributed by atoms with Crippen LogP contribution in [0.5, 0.6) is 0 Å². The highest BCUT2D eigenvalue weighted by molar-refractivity contribution is 7.85. The number of aliphatic hydroxyl groups is 1. The smallest absolute Gasteiger partial charge is 0.159 e. The third-order valence-corrected chi connectivity index (χ3v) is 4.82. The first kappa shape index (κ1) is 16.3. The van der Waals surface area contributed by atoms with E-state index in [1.165, 1.54) is 14.2 Å². The van der Waals surface area contributed by atoms with E-state index in [1.807, 2.05) is 31.2 Å². The molecule has 0 fully saturated rings. The van der Waals surface area contributed by atoms with Crippen molar-refractivity contribution < 1.29 is 18.8 Å². The number of hydrogen-bond donors (Lipinski definition) is 1. The number of benzene rings is 1. The molecule has 0 aromatic heterocycles. The lowest BCUT2D eigenvalue weighted by Gasteiger charge is -2.22. The molecule has 0 aliphatic carbocycles.